The maximum Gasteiger partial charge on any atom is 0.342 e. The summed E-state index contributed by atoms with van der Waals surface area (Å²) in [5.41, 5.74) is 0.530. The summed E-state index contributed by atoms with van der Waals surface area (Å²) in [7, 11) is 1.23. The van der Waals surface area contributed by atoms with Crippen molar-refractivity contribution in [2.75, 3.05) is 13.7 Å². The van der Waals surface area contributed by atoms with Crippen LogP contribution in [0.5, 0.6) is 0 Å². The highest BCUT2D eigenvalue weighted by Crippen LogP contribution is 2.54. The Hall–Kier alpha value is -2.70. The minimum absolute atomic E-state index is 0.230. The molecule has 0 aliphatic heterocycles. The molecule has 6 nitrogen and oxygen atoms in total. The molecule has 3 atom stereocenters. The fourth-order valence-corrected chi connectivity index (χ4v) is 3.41. The van der Waals surface area contributed by atoms with E-state index in [-0.39, 0.29) is 19.1 Å². The van der Waals surface area contributed by atoms with Crippen LogP contribution in [0.2, 0.25) is 0 Å². The van der Waals surface area contributed by atoms with E-state index in [1.165, 1.54) is 7.11 Å². The molecule has 1 aliphatic rings. The van der Waals surface area contributed by atoms with Crippen LogP contribution in [0.3, 0.4) is 0 Å². The number of hydrogen-bond acceptors (Lipinski definition) is 6. The van der Waals surface area contributed by atoms with Gasteiger partial charge in [0.1, 0.15) is 0 Å². The summed E-state index contributed by atoms with van der Waals surface area (Å²) in [6.45, 7) is 2.04. The minimum Gasteiger partial charge on any atom is -0.468 e. The summed E-state index contributed by atoms with van der Waals surface area (Å²) >= 11 is 0. The van der Waals surface area contributed by atoms with Crippen molar-refractivity contribution in [1.29, 1.82) is 0 Å². The summed E-state index contributed by atoms with van der Waals surface area (Å²) in [6.07, 6.45) is 0.230. The predicted molar refractivity (Wildman–Crippen MR) is 103 cm³/mol. The number of benzene rings is 2. The molecule has 3 rings (SSSR count). The van der Waals surface area contributed by atoms with Crippen LogP contribution < -0.4 is 0 Å². The van der Waals surface area contributed by atoms with E-state index in [0.717, 1.165) is 11.1 Å². The lowest BCUT2D eigenvalue weighted by Crippen LogP contribution is -2.38. The van der Waals surface area contributed by atoms with Gasteiger partial charge in [-0.3, -0.25) is 4.79 Å². The normalized spacial score (nSPS) is 21.8. The Morgan fingerprint density at radius 2 is 1.71 bits per heavy atom. The number of esters is 1. The molecule has 0 saturated heterocycles. The van der Waals surface area contributed by atoms with Gasteiger partial charge in [-0.15, -0.1) is 5.06 Å². The molecule has 28 heavy (non-hydrogen) atoms. The molecule has 0 spiro atoms. The third-order valence-corrected chi connectivity index (χ3v) is 5.33. The Labute approximate surface area is 164 Å². The second-order valence-electron chi connectivity index (χ2n) is 7.07. The van der Waals surface area contributed by atoms with Crippen molar-refractivity contribution in [2.24, 2.45) is 11.3 Å². The molecule has 0 aromatic heterocycles. The van der Waals surface area contributed by atoms with Crippen LogP contribution in [0, 0.1) is 11.3 Å². The zero-order valence-corrected chi connectivity index (χ0v) is 16.1. The fourth-order valence-electron chi connectivity index (χ4n) is 3.41. The van der Waals surface area contributed by atoms with Crippen LogP contribution in [-0.4, -0.2) is 35.8 Å². The van der Waals surface area contributed by atoms with E-state index >= 15 is 0 Å². The van der Waals surface area contributed by atoms with Gasteiger partial charge in [-0.2, -0.15) is 0 Å². The Kier molecular flexibility index (Phi) is 6.11. The quantitative estimate of drug-likeness (QED) is 0.429. The van der Waals surface area contributed by atoms with E-state index in [1.54, 1.807) is 5.06 Å². The number of carbonyl (C=O) groups is 2. The lowest BCUT2D eigenvalue weighted by Gasteiger charge is -2.29. The predicted octanol–water partition coefficient (Wildman–Crippen LogP) is 2.88. The van der Waals surface area contributed by atoms with Gasteiger partial charge in [0, 0.05) is 12.5 Å². The molecule has 1 aliphatic carbocycles. The molecule has 148 valence electrons. The van der Waals surface area contributed by atoms with Gasteiger partial charge in [0.2, 0.25) is 0 Å². The molecule has 1 saturated carbocycles. The number of ether oxygens (including phenoxy) is 1. The van der Waals surface area contributed by atoms with Crippen LogP contribution in [0.25, 0.3) is 0 Å². The van der Waals surface area contributed by atoms with E-state index in [1.807, 2.05) is 67.6 Å². The van der Waals surface area contributed by atoms with Gasteiger partial charge in [0.25, 0.3) is 0 Å². The molecule has 6 heteroatoms. The summed E-state index contributed by atoms with van der Waals surface area (Å²) in [5, 5.41) is 11.0. The van der Waals surface area contributed by atoms with E-state index < -0.39 is 23.3 Å². The maximum atomic E-state index is 13.0. The van der Waals surface area contributed by atoms with Gasteiger partial charge < -0.3 is 14.7 Å². The van der Waals surface area contributed by atoms with E-state index in [2.05, 4.69) is 0 Å². The van der Waals surface area contributed by atoms with Crippen LogP contribution in [-0.2, 0) is 25.7 Å². The van der Waals surface area contributed by atoms with Crippen LogP contribution in [0.4, 0.5) is 0 Å². The van der Waals surface area contributed by atoms with Crippen LogP contribution >= 0.6 is 0 Å². The highest BCUT2D eigenvalue weighted by molar-refractivity contribution is 6.03. The van der Waals surface area contributed by atoms with Crippen LogP contribution in [0.15, 0.2) is 60.7 Å². The molecule has 2 aromatic rings. The van der Waals surface area contributed by atoms with Crippen molar-refractivity contribution >= 4 is 11.9 Å². The number of aliphatic hydroxyl groups is 1. The number of methoxy groups -OCH3 is 1. The molecule has 1 N–H and O–H groups in total. The molecule has 2 aromatic carbocycles. The Balaban J connectivity index is 1.84. The average molecular weight is 383 g/mol. The highest BCUT2D eigenvalue weighted by Gasteiger charge is 2.68. The third kappa shape index (κ3) is 3.93. The second-order valence-corrected chi connectivity index (χ2v) is 7.07. The Bertz CT molecular complexity index is 810. The van der Waals surface area contributed by atoms with Crippen LogP contribution in [0.1, 0.15) is 30.5 Å². The standard InChI is InChI=1S/C22H25NO5/c1-16(18-11-7-4-8-12-18)23(14-17-9-5-3-6-10-17)28-21(26)22(20(25)27-2)13-19(22)15-24/h3-12,16,19,24H,13-15H2,1-2H3/t16-,19+,22-/m1/s1. The average Bonchev–Trinajstić information content (AvgIpc) is 3.49. The number of rotatable bonds is 8. The zero-order valence-electron chi connectivity index (χ0n) is 16.1. The number of nitrogens with zero attached hydrogens (tertiary/aromatic N) is 1. The minimum atomic E-state index is -1.42. The van der Waals surface area contributed by atoms with Gasteiger partial charge in [0.05, 0.1) is 19.7 Å². The molecular weight excluding hydrogens is 358 g/mol. The zero-order chi connectivity index (χ0) is 20.1. The van der Waals surface area contributed by atoms with Gasteiger partial charge in [-0.25, -0.2) is 4.79 Å². The van der Waals surface area contributed by atoms with Crippen molar-refractivity contribution in [3.05, 3.63) is 71.8 Å². The van der Waals surface area contributed by atoms with Crippen molar-refractivity contribution in [3.8, 4) is 0 Å². The summed E-state index contributed by atoms with van der Waals surface area (Å²) in [5.74, 6) is -1.82. The van der Waals surface area contributed by atoms with Gasteiger partial charge in [-0.1, -0.05) is 60.7 Å². The summed E-state index contributed by atoms with van der Waals surface area (Å²) in [6, 6.07) is 19.1. The third-order valence-electron chi connectivity index (χ3n) is 5.33. The first-order valence-corrected chi connectivity index (χ1v) is 9.30. The van der Waals surface area contributed by atoms with Gasteiger partial charge >= 0.3 is 11.9 Å². The number of hydroxylamine groups is 2. The molecule has 0 unspecified atom stereocenters. The van der Waals surface area contributed by atoms with Crippen molar-refractivity contribution in [2.45, 2.75) is 25.9 Å². The van der Waals surface area contributed by atoms with E-state index in [9.17, 15) is 14.7 Å². The number of hydrogen-bond donors (Lipinski definition) is 1. The molecule has 0 bridgehead atoms. The topological polar surface area (TPSA) is 76.1 Å². The molecule has 0 radical (unpaired) electrons. The molecule has 0 amide bonds. The maximum absolute atomic E-state index is 13.0. The summed E-state index contributed by atoms with van der Waals surface area (Å²) in [4.78, 5) is 30.9. The van der Waals surface area contributed by atoms with E-state index in [4.69, 9.17) is 9.57 Å². The Morgan fingerprint density at radius 1 is 1.11 bits per heavy atom. The fraction of sp³-hybridized carbons (Fsp3) is 0.364. The summed E-state index contributed by atoms with van der Waals surface area (Å²) < 4.78 is 4.81. The van der Waals surface area contributed by atoms with Gasteiger partial charge in [0.15, 0.2) is 5.41 Å². The first kappa shape index (κ1) is 20.0. The Morgan fingerprint density at radius 3 is 2.25 bits per heavy atom. The first-order chi connectivity index (χ1) is 13.5. The number of carbonyl (C=O) groups excluding carboxylic acids is 2. The number of aliphatic hydroxyl groups excluding tert-OH is 1. The second kappa shape index (κ2) is 8.54. The lowest BCUT2D eigenvalue weighted by atomic mass is 10.0. The van der Waals surface area contributed by atoms with Crippen molar-refractivity contribution in [3.63, 3.8) is 0 Å². The SMILES string of the molecule is COC(=O)[C@@]1(C(=O)ON(Cc2ccccc2)[C@H](C)c2ccccc2)C[C@H]1CO. The van der Waals surface area contributed by atoms with Crippen molar-refractivity contribution < 1.29 is 24.3 Å². The molecular formula is C22H25NO5. The monoisotopic (exact) mass is 383 g/mol. The largest absolute Gasteiger partial charge is 0.468 e. The lowest BCUT2D eigenvalue weighted by molar-refractivity contribution is -0.214. The van der Waals surface area contributed by atoms with E-state index in [0.29, 0.717) is 6.54 Å². The molecule has 0 heterocycles. The first-order valence-electron chi connectivity index (χ1n) is 9.30. The highest BCUT2D eigenvalue weighted by atomic mass is 16.7. The van der Waals surface area contributed by atoms with Crippen molar-refractivity contribution in [1.82, 2.24) is 5.06 Å². The smallest absolute Gasteiger partial charge is 0.342 e. The molecule has 1 fully saturated rings. The van der Waals surface area contributed by atoms with Gasteiger partial charge in [-0.05, 0) is 24.5 Å².